The van der Waals surface area contributed by atoms with Crippen molar-refractivity contribution in [3.8, 4) is 11.5 Å². The van der Waals surface area contributed by atoms with Crippen LogP contribution in [0.2, 0.25) is 0 Å². The van der Waals surface area contributed by atoms with Gasteiger partial charge in [-0.1, -0.05) is 24.3 Å². The monoisotopic (exact) mass is 389 g/mol. The van der Waals surface area contributed by atoms with Crippen molar-refractivity contribution in [2.24, 2.45) is 0 Å². The molecule has 0 saturated heterocycles. The third kappa shape index (κ3) is 5.92. The third-order valence-electron chi connectivity index (χ3n) is 3.98. The molecular formula is C20H23NO5S. The molecule has 0 aromatic heterocycles. The number of carboxylic acid groups (broad SMARTS) is 1. The van der Waals surface area contributed by atoms with Crippen LogP contribution in [0.15, 0.2) is 47.4 Å². The van der Waals surface area contributed by atoms with Crippen LogP contribution in [0.4, 0.5) is 0 Å². The van der Waals surface area contributed by atoms with Crippen LogP contribution in [0, 0.1) is 6.92 Å². The standard InChI is InChI=1S/C20H23NO5S/c1-13-6-4-5-7-18(13)27-12-19(22)21-15(11-20(23)24)14-8-9-16(25-2)17(10-14)26-3/h4-10,15H,11-12H2,1-3H3,(H,21,22)(H,23,24). The second-order valence-electron chi connectivity index (χ2n) is 5.89. The first kappa shape index (κ1) is 20.6. The van der Waals surface area contributed by atoms with Crippen molar-refractivity contribution < 1.29 is 24.2 Å². The average molecular weight is 389 g/mol. The fraction of sp³-hybridized carbons (Fsp3) is 0.300. The molecule has 2 rings (SSSR count). The van der Waals surface area contributed by atoms with Crippen LogP contribution >= 0.6 is 11.8 Å². The largest absolute Gasteiger partial charge is 0.493 e. The summed E-state index contributed by atoms with van der Waals surface area (Å²) in [4.78, 5) is 24.7. The van der Waals surface area contributed by atoms with Crippen molar-refractivity contribution in [1.29, 1.82) is 0 Å². The highest BCUT2D eigenvalue weighted by molar-refractivity contribution is 8.00. The van der Waals surface area contributed by atoms with Gasteiger partial charge >= 0.3 is 5.97 Å². The maximum absolute atomic E-state index is 12.4. The molecule has 0 saturated carbocycles. The number of methoxy groups -OCH3 is 2. The molecule has 6 nitrogen and oxygen atoms in total. The number of carbonyl (C=O) groups excluding carboxylic acids is 1. The summed E-state index contributed by atoms with van der Waals surface area (Å²) in [6.07, 6.45) is -0.226. The highest BCUT2D eigenvalue weighted by atomic mass is 32.2. The maximum atomic E-state index is 12.4. The lowest BCUT2D eigenvalue weighted by Crippen LogP contribution is -2.31. The Morgan fingerprint density at radius 3 is 2.44 bits per heavy atom. The second-order valence-corrected chi connectivity index (χ2v) is 6.90. The average Bonchev–Trinajstić information content (AvgIpc) is 2.66. The lowest BCUT2D eigenvalue weighted by atomic mass is 10.0. The molecule has 0 fully saturated rings. The Balaban J connectivity index is 2.11. The van der Waals surface area contributed by atoms with E-state index in [0.29, 0.717) is 17.1 Å². The SMILES string of the molecule is COc1ccc(C(CC(=O)O)NC(=O)CSc2ccccc2C)cc1OC. The topological polar surface area (TPSA) is 84.9 Å². The molecule has 0 aliphatic rings. The number of carbonyl (C=O) groups is 2. The molecule has 1 unspecified atom stereocenters. The maximum Gasteiger partial charge on any atom is 0.305 e. The Labute approximate surface area is 162 Å². The molecule has 1 amide bonds. The zero-order valence-corrected chi connectivity index (χ0v) is 16.3. The van der Waals surface area contributed by atoms with E-state index in [1.54, 1.807) is 18.2 Å². The van der Waals surface area contributed by atoms with Crippen LogP contribution < -0.4 is 14.8 Å². The van der Waals surface area contributed by atoms with Crippen LogP contribution in [0.1, 0.15) is 23.6 Å². The molecule has 27 heavy (non-hydrogen) atoms. The number of hydrogen-bond donors (Lipinski definition) is 2. The molecule has 0 radical (unpaired) electrons. The van der Waals surface area contributed by atoms with Crippen molar-refractivity contribution in [1.82, 2.24) is 5.32 Å². The minimum atomic E-state index is -0.998. The first-order chi connectivity index (χ1) is 12.9. The highest BCUT2D eigenvalue weighted by Crippen LogP contribution is 2.31. The first-order valence-electron chi connectivity index (χ1n) is 8.36. The van der Waals surface area contributed by atoms with Gasteiger partial charge in [0.25, 0.3) is 0 Å². The van der Waals surface area contributed by atoms with E-state index in [4.69, 9.17) is 9.47 Å². The lowest BCUT2D eigenvalue weighted by molar-refractivity contribution is -0.137. The molecule has 1 atom stereocenters. The first-order valence-corrected chi connectivity index (χ1v) is 9.34. The Bertz CT molecular complexity index is 809. The van der Waals surface area contributed by atoms with Gasteiger partial charge in [0.15, 0.2) is 11.5 Å². The number of aryl methyl sites for hydroxylation is 1. The Kier molecular flexibility index (Phi) is 7.55. The van der Waals surface area contributed by atoms with E-state index in [-0.39, 0.29) is 18.1 Å². The number of aliphatic carboxylic acids is 1. The smallest absolute Gasteiger partial charge is 0.305 e. The van der Waals surface area contributed by atoms with E-state index >= 15 is 0 Å². The zero-order chi connectivity index (χ0) is 19.8. The third-order valence-corrected chi connectivity index (χ3v) is 5.15. The number of benzene rings is 2. The normalized spacial score (nSPS) is 11.5. The minimum Gasteiger partial charge on any atom is -0.493 e. The van der Waals surface area contributed by atoms with Gasteiger partial charge in [-0.15, -0.1) is 11.8 Å². The van der Waals surface area contributed by atoms with Crippen molar-refractivity contribution in [3.63, 3.8) is 0 Å². The number of ether oxygens (including phenoxy) is 2. The minimum absolute atomic E-state index is 0.203. The lowest BCUT2D eigenvalue weighted by Gasteiger charge is -2.19. The summed E-state index contributed by atoms with van der Waals surface area (Å²) < 4.78 is 10.5. The Morgan fingerprint density at radius 2 is 1.81 bits per heavy atom. The highest BCUT2D eigenvalue weighted by Gasteiger charge is 2.20. The summed E-state index contributed by atoms with van der Waals surface area (Å²) in [6, 6.07) is 12.2. The quantitative estimate of drug-likeness (QED) is 0.639. The zero-order valence-electron chi connectivity index (χ0n) is 15.5. The van der Waals surface area contributed by atoms with Crippen LogP contribution in [-0.2, 0) is 9.59 Å². The summed E-state index contributed by atoms with van der Waals surface area (Å²) >= 11 is 1.42. The van der Waals surface area contributed by atoms with Crippen molar-refractivity contribution >= 4 is 23.6 Å². The van der Waals surface area contributed by atoms with Gasteiger partial charge in [-0.3, -0.25) is 9.59 Å². The molecule has 0 bridgehead atoms. The van der Waals surface area contributed by atoms with Gasteiger partial charge in [0.05, 0.1) is 32.4 Å². The number of nitrogens with one attached hydrogen (secondary N) is 1. The number of amides is 1. The van der Waals surface area contributed by atoms with Gasteiger partial charge in [-0.25, -0.2) is 0 Å². The summed E-state index contributed by atoms with van der Waals surface area (Å²) in [6.45, 7) is 1.98. The van der Waals surface area contributed by atoms with Gasteiger partial charge in [0.2, 0.25) is 5.91 Å². The van der Waals surface area contributed by atoms with E-state index in [9.17, 15) is 14.7 Å². The van der Waals surface area contributed by atoms with Gasteiger partial charge in [0, 0.05) is 4.90 Å². The molecule has 0 aliphatic heterocycles. The van der Waals surface area contributed by atoms with Crippen molar-refractivity contribution in [3.05, 3.63) is 53.6 Å². The summed E-state index contributed by atoms with van der Waals surface area (Å²) in [7, 11) is 3.03. The van der Waals surface area contributed by atoms with Crippen LogP contribution in [0.25, 0.3) is 0 Å². The molecule has 7 heteroatoms. The van der Waals surface area contributed by atoms with E-state index in [1.165, 1.54) is 26.0 Å². The van der Waals surface area contributed by atoms with Gasteiger partial charge < -0.3 is 19.9 Å². The summed E-state index contributed by atoms with van der Waals surface area (Å²) in [5.41, 5.74) is 1.74. The van der Waals surface area contributed by atoms with Crippen molar-refractivity contribution in [2.75, 3.05) is 20.0 Å². The molecular weight excluding hydrogens is 366 g/mol. The molecule has 2 N–H and O–H groups in total. The Hall–Kier alpha value is -2.67. The fourth-order valence-corrected chi connectivity index (χ4v) is 3.43. The summed E-state index contributed by atoms with van der Waals surface area (Å²) in [5.74, 6) is -0.00883. The van der Waals surface area contributed by atoms with Gasteiger partial charge in [-0.2, -0.15) is 0 Å². The predicted molar refractivity (Wildman–Crippen MR) is 105 cm³/mol. The van der Waals surface area contributed by atoms with Crippen LogP contribution in [0.5, 0.6) is 11.5 Å². The summed E-state index contributed by atoms with van der Waals surface area (Å²) in [5, 5.41) is 12.0. The van der Waals surface area contributed by atoms with Crippen LogP contribution in [-0.4, -0.2) is 37.0 Å². The van der Waals surface area contributed by atoms with Gasteiger partial charge in [0.1, 0.15) is 0 Å². The van der Waals surface area contributed by atoms with E-state index in [0.717, 1.165) is 10.5 Å². The number of thioether (sulfide) groups is 1. The molecule has 2 aromatic carbocycles. The number of rotatable bonds is 9. The fourth-order valence-electron chi connectivity index (χ4n) is 2.59. The second kappa shape index (κ2) is 9.87. The van der Waals surface area contributed by atoms with Gasteiger partial charge in [-0.05, 0) is 36.2 Å². The van der Waals surface area contributed by atoms with Crippen molar-refractivity contribution in [2.45, 2.75) is 24.3 Å². The molecule has 0 spiro atoms. The molecule has 144 valence electrons. The molecule has 0 aliphatic carbocycles. The number of hydrogen-bond acceptors (Lipinski definition) is 5. The van der Waals surface area contributed by atoms with E-state index in [1.807, 2.05) is 31.2 Å². The van der Waals surface area contributed by atoms with E-state index in [2.05, 4.69) is 5.32 Å². The Morgan fingerprint density at radius 1 is 1.11 bits per heavy atom. The van der Waals surface area contributed by atoms with Crippen LogP contribution in [0.3, 0.4) is 0 Å². The molecule has 0 heterocycles. The molecule has 2 aromatic rings. The predicted octanol–water partition coefficient (Wildman–Crippen LogP) is 3.44. The van der Waals surface area contributed by atoms with E-state index < -0.39 is 12.0 Å². The number of carboxylic acids is 1.